The van der Waals surface area contributed by atoms with E-state index in [9.17, 15) is 32.9 Å². The number of carbonyl (C=O) groups is 2. The van der Waals surface area contributed by atoms with Crippen LogP contribution in [0.1, 0.15) is 23.1 Å². The molecule has 0 heterocycles. The zero-order chi connectivity index (χ0) is 21.6. The molecule has 0 unspecified atom stereocenters. The van der Waals surface area contributed by atoms with E-state index in [0.29, 0.717) is 5.56 Å². The van der Waals surface area contributed by atoms with Crippen molar-refractivity contribution in [2.75, 3.05) is 0 Å². The van der Waals surface area contributed by atoms with Crippen LogP contribution in [0, 0.1) is 10.1 Å². The molecule has 2 aromatic carbocycles. The number of hydrogen-bond donors (Lipinski definition) is 2. The Morgan fingerprint density at radius 1 is 1.10 bits per heavy atom. The van der Waals surface area contributed by atoms with E-state index in [-0.39, 0.29) is 17.7 Å². The summed E-state index contributed by atoms with van der Waals surface area (Å²) in [6.45, 7) is 0. The number of carboxylic acids is 1. The first-order valence-corrected chi connectivity index (χ1v) is 8.46. The number of benzene rings is 2. The zero-order valence-corrected chi connectivity index (χ0v) is 15.0. The number of aliphatic carboxylic acids is 1. The number of carboxylic acid groups (broad SMARTS) is 1. The van der Waals surface area contributed by atoms with Crippen LogP contribution in [-0.4, -0.2) is 27.9 Å². The Kier molecular flexibility index (Phi) is 6.92. The van der Waals surface area contributed by atoms with Crippen molar-refractivity contribution in [2.24, 2.45) is 0 Å². The summed E-state index contributed by atoms with van der Waals surface area (Å²) in [5.74, 6) is -1.96. The van der Waals surface area contributed by atoms with Crippen LogP contribution in [0.5, 0.6) is 0 Å². The number of amides is 1. The lowest BCUT2D eigenvalue weighted by atomic mass is 10.0. The Balaban J connectivity index is 2.11. The highest BCUT2D eigenvalue weighted by Crippen LogP contribution is 2.32. The van der Waals surface area contributed by atoms with Gasteiger partial charge in [0.25, 0.3) is 5.69 Å². The molecule has 10 heteroatoms. The second kappa shape index (κ2) is 9.18. The molecular weight excluding hydrogens is 393 g/mol. The van der Waals surface area contributed by atoms with Gasteiger partial charge in [-0.25, -0.2) is 0 Å². The van der Waals surface area contributed by atoms with Crippen LogP contribution in [-0.2, 0) is 28.6 Å². The maximum absolute atomic E-state index is 13.1. The number of nitrogens with zero attached hydrogens (tertiary/aromatic N) is 1. The van der Waals surface area contributed by atoms with Gasteiger partial charge in [0.05, 0.1) is 23.3 Å². The molecule has 0 saturated carbocycles. The van der Waals surface area contributed by atoms with Crippen LogP contribution in [0.15, 0.2) is 48.5 Å². The number of nitro benzene ring substituents is 1. The molecule has 7 nitrogen and oxygen atoms in total. The number of rotatable bonds is 8. The van der Waals surface area contributed by atoms with Crippen LogP contribution in [0.2, 0.25) is 0 Å². The van der Waals surface area contributed by atoms with Crippen molar-refractivity contribution in [1.82, 2.24) is 5.32 Å². The van der Waals surface area contributed by atoms with E-state index >= 15 is 0 Å². The summed E-state index contributed by atoms with van der Waals surface area (Å²) in [4.78, 5) is 33.4. The number of carbonyl (C=O) groups excluding carboxylic acids is 1. The number of nitro groups is 1. The highest BCUT2D eigenvalue weighted by molar-refractivity contribution is 5.80. The normalized spacial score (nSPS) is 12.2. The molecule has 154 valence electrons. The molecule has 0 bridgehead atoms. The molecule has 0 fully saturated rings. The third-order valence-electron chi connectivity index (χ3n) is 4.09. The van der Waals surface area contributed by atoms with Crippen molar-refractivity contribution in [1.29, 1.82) is 0 Å². The van der Waals surface area contributed by atoms with E-state index in [2.05, 4.69) is 5.32 Å². The van der Waals surface area contributed by atoms with E-state index in [1.165, 1.54) is 42.5 Å². The Morgan fingerprint density at radius 3 is 2.28 bits per heavy atom. The first-order valence-electron chi connectivity index (χ1n) is 8.46. The fraction of sp³-hybridized carbons (Fsp3) is 0.263. The molecule has 1 amide bonds. The fourth-order valence-corrected chi connectivity index (χ4v) is 2.83. The summed E-state index contributed by atoms with van der Waals surface area (Å²) in [7, 11) is 0. The molecule has 0 spiro atoms. The lowest BCUT2D eigenvalue weighted by Gasteiger charge is -2.18. The lowest BCUT2D eigenvalue weighted by molar-refractivity contribution is -0.384. The molecule has 2 N–H and O–H groups in total. The average Bonchev–Trinajstić information content (AvgIpc) is 2.61. The minimum Gasteiger partial charge on any atom is -0.481 e. The SMILES string of the molecule is O=C(O)C[C@H](Cc1ccc([N+](=O)[O-])cc1)NC(=O)Cc1ccccc1C(F)(F)F. The van der Waals surface area contributed by atoms with Gasteiger partial charge in [-0.05, 0) is 23.6 Å². The van der Waals surface area contributed by atoms with Crippen LogP contribution in [0.25, 0.3) is 0 Å². The Morgan fingerprint density at radius 2 is 1.72 bits per heavy atom. The summed E-state index contributed by atoms with van der Waals surface area (Å²) in [5, 5.41) is 22.2. The van der Waals surface area contributed by atoms with Gasteiger partial charge in [-0.1, -0.05) is 30.3 Å². The van der Waals surface area contributed by atoms with E-state index in [0.717, 1.165) is 6.07 Å². The van der Waals surface area contributed by atoms with Crippen LogP contribution < -0.4 is 5.32 Å². The number of halogens is 3. The van der Waals surface area contributed by atoms with Crippen molar-refractivity contribution in [3.8, 4) is 0 Å². The molecule has 0 aromatic heterocycles. The molecule has 1 atom stereocenters. The molecule has 0 aliphatic heterocycles. The number of non-ortho nitro benzene ring substituents is 1. The minimum atomic E-state index is -4.61. The van der Waals surface area contributed by atoms with Crippen molar-refractivity contribution in [3.05, 3.63) is 75.3 Å². The molecule has 2 rings (SSSR count). The minimum absolute atomic E-state index is 0.0525. The standard InChI is InChI=1S/C19H17F3N2O5/c20-19(21,22)16-4-2-1-3-13(16)10-17(25)23-14(11-18(26)27)9-12-5-7-15(8-6-12)24(28)29/h1-8,14H,9-11H2,(H,23,25)(H,26,27)/t14-/m0/s1. The third kappa shape index (κ3) is 6.59. The maximum Gasteiger partial charge on any atom is 0.416 e. The van der Waals surface area contributed by atoms with Crippen LogP contribution in [0.4, 0.5) is 18.9 Å². The van der Waals surface area contributed by atoms with Crippen molar-refractivity contribution >= 4 is 17.6 Å². The summed E-state index contributed by atoms with van der Waals surface area (Å²) in [5.41, 5.74) is -0.753. The second-order valence-electron chi connectivity index (χ2n) is 6.32. The summed E-state index contributed by atoms with van der Waals surface area (Å²) in [6, 6.07) is 9.10. The zero-order valence-electron chi connectivity index (χ0n) is 15.0. The monoisotopic (exact) mass is 410 g/mol. The summed E-state index contributed by atoms with van der Waals surface area (Å²) in [6.07, 6.45) is -5.58. The van der Waals surface area contributed by atoms with Gasteiger partial charge in [-0.15, -0.1) is 0 Å². The van der Waals surface area contributed by atoms with Gasteiger partial charge in [0.15, 0.2) is 0 Å². The second-order valence-corrected chi connectivity index (χ2v) is 6.32. The van der Waals surface area contributed by atoms with E-state index in [4.69, 9.17) is 5.11 Å². The first kappa shape index (κ1) is 21.9. The molecule has 0 saturated heterocycles. The largest absolute Gasteiger partial charge is 0.481 e. The third-order valence-corrected chi connectivity index (χ3v) is 4.09. The highest BCUT2D eigenvalue weighted by atomic mass is 19.4. The smallest absolute Gasteiger partial charge is 0.416 e. The van der Waals surface area contributed by atoms with Gasteiger partial charge < -0.3 is 10.4 Å². The summed E-state index contributed by atoms with van der Waals surface area (Å²) >= 11 is 0. The van der Waals surface area contributed by atoms with Gasteiger partial charge in [-0.3, -0.25) is 19.7 Å². The van der Waals surface area contributed by atoms with Crippen molar-refractivity contribution < 1.29 is 32.8 Å². The van der Waals surface area contributed by atoms with Gasteiger partial charge in [-0.2, -0.15) is 13.2 Å². The van der Waals surface area contributed by atoms with Crippen molar-refractivity contribution in [3.63, 3.8) is 0 Å². The molecule has 2 aromatic rings. The summed E-state index contributed by atoms with van der Waals surface area (Å²) < 4.78 is 39.2. The molecular formula is C19H17F3N2O5. The predicted molar refractivity (Wildman–Crippen MR) is 96.1 cm³/mol. The quantitative estimate of drug-likeness (QED) is 0.512. The van der Waals surface area contributed by atoms with Crippen LogP contribution in [0.3, 0.4) is 0 Å². The van der Waals surface area contributed by atoms with Gasteiger partial charge in [0.1, 0.15) is 0 Å². The van der Waals surface area contributed by atoms with E-state index < -0.39 is 47.4 Å². The predicted octanol–water partition coefficient (Wildman–Crippen LogP) is 3.36. The Hall–Kier alpha value is -3.43. The lowest BCUT2D eigenvalue weighted by Crippen LogP contribution is -2.39. The first-order chi connectivity index (χ1) is 13.6. The molecule has 0 aliphatic carbocycles. The van der Waals surface area contributed by atoms with Crippen LogP contribution >= 0.6 is 0 Å². The Labute approximate surface area is 163 Å². The number of nitrogens with one attached hydrogen (secondary N) is 1. The molecule has 0 aliphatic rings. The maximum atomic E-state index is 13.1. The Bertz CT molecular complexity index is 897. The van der Waals surface area contributed by atoms with E-state index in [1.807, 2.05) is 0 Å². The van der Waals surface area contributed by atoms with Gasteiger partial charge >= 0.3 is 12.1 Å². The topological polar surface area (TPSA) is 110 Å². The van der Waals surface area contributed by atoms with Gasteiger partial charge in [0.2, 0.25) is 5.91 Å². The highest BCUT2D eigenvalue weighted by Gasteiger charge is 2.33. The molecule has 29 heavy (non-hydrogen) atoms. The fourth-order valence-electron chi connectivity index (χ4n) is 2.83. The number of hydrogen-bond acceptors (Lipinski definition) is 4. The molecule has 0 radical (unpaired) electrons. The van der Waals surface area contributed by atoms with Gasteiger partial charge in [0, 0.05) is 18.2 Å². The van der Waals surface area contributed by atoms with E-state index in [1.54, 1.807) is 0 Å². The average molecular weight is 410 g/mol. The number of alkyl halides is 3. The van der Waals surface area contributed by atoms with Crippen molar-refractivity contribution in [2.45, 2.75) is 31.5 Å².